The van der Waals surface area contributed by atoms with Gasteiger partial charge in [-0.25, -0.2) is 0 Å². The van der Waals surface area contributed by atoms with E-state index in [2.05, 4.69) is 0 Å². The van der Waals surface area contributed by atoms with Gasteiger partial charge in [0.05, 0.1) is 25.8 Å². The lowest BCUT2D eigenvalue weighted by atomic mass is 10.1. The minimum atomic E-state index is -0.241. The molecular formula is C20H23N3O5. The molecule has 8 nitrogen and oxygen atoms in total. The molecule has 1 amide bonds. The van der Waals surface area contributed by atoms with E-state index in [4.69, 9.17) is 9.47 Å². The number of hydrogen-bond donors (Lipinski definition) is 0. The fraction of sp³-hybridized carbons (Fsp3) is 0.450. The fourth-order valence-corrected chi connectivity index (χ4v) is 3.53. The second kappa shape index (κ2) is 6.85. The zero-order valence-corrected chi connectivity index (χ0v) is 16.2. The number of carbonyl (C=O) groups is 1. The Bertz CT molecular complexity index is 1040. The van der Waals surface area contributed by atoms with E-state index in [1.165, 1.54) is 30.0 Å². The molecule has 4 rings (SSSR count). The van der Waals surface area contributed by atoms with Crippen molar-refractivity contribution in [2.24, 2.45) is 7.05 Å². The average Bonchev–Trinajstić information content (AvgIpc) is 3.43. The van der Waals surface area contributed by atoms with Gasteiger partial charge in [0.2, 0.25) is 0 Å². The lowest BCUT2D eigenvalue weighted by Crippen LogP contribution is -2.56. The molecule has 3 heterocycles. The summed E-state index contributed by atoms with van der Waals surface area (Å²) >= 11 is 0. The summed E-state index contributed by atoms with van der Waals surface area (Å²) < 4.78 is 14.2. The number of nitrogens with zero attached hydrogens (tertiary/aromatic N) is 3. The summed E-state index contributed by atoms with van der Waals surface area (Å²) in [6, 6.07) is 5.03. The SMILES string of the molecule is COc1cc(=O)n(C)cc1C(=O)N1CC(Oc2cc(C)n(C3CC3)c(=O)c2)C1. The molecule has 2 fully saturated rings. The normalized spacial score (nSPS) is 16.6. The highest BCUT2D eigenvalue weighted by molar-refractivity contribution is 5.97. The summed E-state index contributed by atoms with van der Waals surface area (Å²) in [5, 5.41) is 0. The van der Waals surface area contributed by atoms with E-state index in [9.17, 15) is 14.4 Å². The molecule has 1 saturated heterocycles. The summed E-state index contributed by atoms with van der Waals surface area (Å²) in [6.45, 7) is 2.74. The van der Waals surface area contributed by atoms with Gasteiger partial charge < -0.3 is 23.5 Å². The minimum absolute atomic E-state index is 0.0419. The molecule has 2 aliphatic rings. The Labute approximate surface area is 161 Å². The van der Waals surface area contributed by atoms with Crippen molar-refractivity contribution < 1.29 is 14.3 Å². The first-order valence-electron chi connectivity index (χ1n) is 9.31. The van der Waals surface area contributed by atoms with Crippen LogP contribution in [0, 0.1) is 6.92 Å². The molecule has 8 heteroatoms. The standard InChI is InChI=1S/C20H23N3O5/c1-12-6-14(7-19(25)23(12)13-4-5-13)28-15-9-22(10-15)20(26)16-11-21(2)18(24)8-17(16)27-3/h6-8,11,13,15H,4-5,9-10H2,1-3H3. The Balaban J connectivity index is 1.42. The molecule has 1 aliphatic carbocycles. The molecule has 28 heavy (non-hydrogen) atoms. The summed E-state index contributed by atoms with van der Waals surface area (Å²) in [4.78, 5) is 38.4. The van der Waals surface area contributed by atoms with Crippen molar-refractivity contribution in [1.82, 2.24) is 14.0 Å². The van der Waals surface area contributed by atoms with Crippen molar-refractivity contribution in [3.63, 3.8) is 0 Å². The molecule has 0 unspecified atom stereocenters. The molecular weight excluding hydrogens is 362 g/mol. The first-order chi connectivity index (χ1) is 13.4. The van der Waals surface area contributed by atoms with Gasteiger partial charge in [0.25, 0.3) is 17.0 Å². The van der Waals surface area contributed by atoms with Gasteiger partial charge in [-0.2, -0.15) is 0 Å². The second-order valence-corrected chi connectivity index (χ2v) is 7.43. The van der Waals surface area contributed by atoms with Crippen LogP contribution in [-0.2, 0) is 7.05 Å². The van der Waals surface area contributed by atoms with E-state index in [0.29, 0.717) is 30.4 Å². The van der Waals surface area contributed by atoms with Gasteiger partial charge in [-0.15, -0.1) is 0 Å². The minimum Gasteiger partial charge on any atom is -0.496 e. The number of rotatable bonds is 5. The zero-order valence-electron chi connectivity index (χ0n) is 16.2. The molecule has 0 N–H and O–H groups in total. The maximum atomic E-state index is 12.7. The lowest BCUT2D eigenvalue weighted by Gasteiger charge is -2.39. The molecule has 148 valence electrons. The van der Waals surface area contributed by atoms with Crippen LogP contribution < -0.4 is 20.6 Å². The molecule has 1 saturated carbocycles. The third kappa shape index (κ3) is 3.30. The molecule has 2 aromatic rings. The van der Waals surface area contributed by atoms with Crippen LogP contribution in [0.3, 0.4) is 0 Å². The topological polar surface area (TPSA) is 82.8 Å². The highest BCUT2D eigenvalue weighted by atomic mass is 16.5. The predicted molar refractivity (Wildman–Crippen MR) is 102 cm³/mol. The third-order valence-corrected chi connectivity index (χ3v) is 5.23. The van der Waals surface area contributed by atoms with Crippen molar-refractivity contribution in [3.8, 4) is 11.5 Å². The summed E-state index contributed by atoms with van der Waals surface area (Å²) in [5.41, 5.74) is 0.951. The maximum Gasteiger partial charge on any atom is 0.259 e. The highest BCUT2D eigenvalue weighted by Crippen LogP contribution is 2.35. The number of ether oxygens (including phenoxy) is 2. The largest absolute Gasteiger partial charge is 0.496 e. The Morgan fingerprint density at radius 2 is 1.82 bits per heavy atom. The lowest BCUT2D eigenvalue weighted by molar-refractivity contribution is 0.0173. The van der Waals surface area contributed by atoms with Gasteiger partial charge in [-0.05, 0) is 25.8 Å². The van der Waals surface area contributed by atoms with E-state index in [1.54, 1.807) is 11.9 Å². The van der Waals surface area contributed by atoms with E-state index in [-0.39, 0.29) is 28.9 Å². The van der Waals surface area contributed by atoms with Crippen LogP contribution in [0.2, 0.25) is 0 Å². The molecule has 1 aliphatic heterocycles. The molecule has 0 aromatic carbocycles. The number of pyridine rings is 2. The van der Waals surface area contributed by atoms with E-state index in [1.807, 2.05) is 17.6 Å². The van der Waals surface area contributed by atoms with Crippen molar-refractivity contribution in [2.75, 3.05) is 20.2 Å². The van der Waals surface area contributed by atoms with Crippen LogP contribution in [0.5, 0.6) is 11.5 Å². The molecule has 0 atom stereocenters. The van der Waals surface area contributed by atoms with Crippen LogP contribution in [0.4, 0.5) is 0 Å². The smallest absolute Gasteiger partial charge is 0.259 e. The van der Waals surface area contributed by atoms with E-state index < -0.39 is 0 Å². The summed E-state index contributed by atoms with van der Waals surface area (Å²) in [6.07, 6.45) is 3.42. The van der Waals surface area contributed by atoms with Gasteiger partial charge in [-0.1, -0.05) is 0 Å². The van der Waals surface area contributed by atoms with Crippen molar-refractivity contribution >= 4 is 5.91 Å². The Morgan fingerprint density at radius 3 is 2.43 bits per heavy atom. The first kappa shape index (κ1) is 18.3. The number of hydrogen-bond acceptors (Lipinski definition) is 5. The van der Waals surface area contributed by atoms with Crippen LogP contribution in [0.1, 0.15) is 34.9 Å². The monoisotopic (exact) mass is 385 g/mol. The quantitative estimate of drug-likeness (QED) is 0.770. The van der Waals surface area contributed by atoms with Gasteiger partial charge >= 0.3 is 0 Å². The maximum absolute atomic E-state index is 12.7. The molecule has 0 bridgehead atoms. The third-order valence-electron chi connectivity index (χ3n) is 5.23. The molecule has 0 spiro atoms. The number of likely N-dealkylation sites (tertiary alicyclic amines) is 1. The van der Waals surface area contributed by atoms with E-state index >= 15 is 0 Å². The van der Waals surface area contributed by atoms with Crippen LogP contribution >= 0.6 is 0 Å². The number of methoxy groups -OCH3 is 1. The van der Waals surface area contributed by atoms with Crippen LogP contribution in [-0.4, -0.2) is 46.2 Å². The fourth-order valence-electron chi connectivity index (χ4n) is 3.53. The second-order valence-electron chi connectivity index (χ2n) is 7.43. The van der Waals surface area contributed by atoms with Crippen LogP contribution in [0.15, 0.2) is 34.0 Å². The van der Waals surface area contributed by atoms with Gasteiger partial charge in [0.15, 0.2) is 0 Å². The number of aryl methyl sites for hydroxylation is 2. The first-order valence-corrected chi connectivity index (χ1v) is 9.31. The predicted octanol–water partition coefficient (Wildman–Crippen LogP) is 1.10. The van der Waals surface area contributed by atoms with Crippen molar-refractivity contribution in [1.29, 1.82) is 0 Å². The van der Waals surface area contributed by atoms with Crippen LogP contribution in [0.25, 0.3) is 0 Å². The van der Waals surface area contributed by atoms with Gasteiger partial charge in [0.1, 0.15) is 17.6 Å². The van der Waals surface area contributed by atoms with Crippen molar-refractivity contribution in [2.45, 2.75) is 31.9 Å². The van der Waals surface area contributed by atoms with Gasteiger partial charge in [-0.3, -0.25) is 14.4 Å². The molecule has 0 radical (unpaired) electrons. The van der Waals surface area contributed by atoms with Crippen molar-refractivity contribution in [3.05, 3.63) is 56.4 Å². The van der Waals surface area contributed by atoms with E-state index in [0.717, 1.165) is 18.5 Å². The van der Waals surface area contributed by atoms with Gasteiger partial charge in [0, 0.05) is 37.1 Å². The summed E-state index contributed by atoms with van der Waals surface area (Å²) in [7, 11) is 3.02. The Hall–Kier alpha value is -3.03. The Kier molecular flexibility index (Phi) is 4.49. The Morgan fingerprint density at radius 1 is 1.11 bits per heavy atom. The highest BCUT2D eigenvalue weighted by Gasteiger charge is 2.34. The summed E-state index contributed by atoms with van der Waals surface area (Å²) in [5.74, 6) is 0.584. The zero-order chi connectivity index (χ0) is 20.0. The number of amides is 1. The number of carbonyl (C=O) groups excluding carboxylic acids is 1. The average molecular weight is 385 g/mol. The number of aromatic nitrogens is 2. The molecule has 2 aromatic heterocycles.